The summed E-state index contributed by atoms with van der Waals surface area (Å²) >= 11 is 3.30. The average Bonchev–Trinajstić information content (AvgIpc) is 3.42. The van der Waals surface area contributed by atoms with Crippen LogP contribution in [0.15, 0.2) is 51.5 Å². The number of benzene rings is 1. The van der Waals surface area contributed by atoms with Crippen molar-refractivity contribution in [3.63, 3.8) is 0 Å². The Hall–Kier alpha value is -2.65. The van der Waals surface area contributed by atoms with Gasteiger partial charge >= 0.3 is 0 Å². The lowest BCUT2D eigenvalue weighted by Crippen LogP contribution is -1.91. The Kier molecular flexibility index (Phi) is 3.95. The van der Waals surface area contributed by atoms with Crippen molar-refractivity contribution < 1.29 is 4.52 Å². The van der Waals surface area contributed by atoms with E-state index in [1.54, 1.807) is 23.1 Å². The molecule has 0 fully saturated rings. The molecule has 0 radical (unpaired) electrons. The number of fused-ring (bicyclic) bond motifs is 3. The van der Waals surface area contributed by atoms with Crippen molar-refractivity contribution in [2.24, 2.45) is 0 Å². The number of para-hydroxylation sites is 2. The highest BCUT2D eigenvalue weighted by molar-refractivity contribution is 7.99. The van der Waals surface area contributed by atoms with Crippen LogP contribution in [0, 0.1) is 0 Å². The summed E-state index contributed by atoms with van der Waals surface area (Å²) in [5.41, 5.74) is 2.03. The van der Waals surface area contributed by atoms with Gasteiger partial charge < -0.3 is 4.52 Å². The predicted octanol–water partition coefficient (Wildman–Crippen LogP) is 4.05. The maximum Gasteiger partial charge on any atom is 0.231 e. The van der Waals surface area contributed by atoms with Crippen molar-refractivity contribution in [3.8, 4) is 10.7 Å². The second-order valence-corrected chi connectivity index (χ2v) is 7.72. The largest absolute Gasteiger partial charge is 0.339 e. The van der Waals surface area contributed by atoms with Crippen LogP contribution in [0.2, 0.25) is 0 Å². The van der Waals surface area contributed by atoms with Crippen LogP contribution in [0.25, 0.3) is 27.5 Å². The maximum absolute atomic E-state index is 5.34. The van der Waals surface area contributed by atoms with E-state index in [-0.39, 0.29) is 0 Å². The van der Waals surface area contributed by atoms with Gasteiger partial charge in [-0.2, -0.15) is 4.98 Å². The van der Waals surface area contributed by atoms with E-state index in [9.17, 15) is 0 Å². The number of aryl methyl sites for hydroxylation is 1. The van der Waals surface area contributed by atoms with Crippen LogP contribution in [-0.4, -0.2) is 35.5 Å². The molecule has 0 bridgehead atoms. The molecule has 0 saturated heterocycles. The second-order valence-electron chi connectivity index (χ2n) is 5.71. The van der Waals surface area contributed by atoms with Crippen molar-refractivity contribution in [3.05, 3.63) is 47.7 Å². The smallest absolute Gasteiger partial charge is 0.231 e. The molecule has 5 rings (SSSR count). The Labute approximate surface area is 156 Å². The molecule has 0 atom stereocenters. The number of nitrogens with zero attached hydrogens (tertiary/aromatic N) is 5. The number of nitrogens with one attached hydrogen (secondary N) is 1. The fraction of sp³-hybridized carbons (Fsp3) is 0.176. The summed E-state index contributed by atoms with van der Waals surface area (Å²) < 4.78 is 7.40. The van der Waals surface area contributed by atoms with E-state index < -0.39 is 0 Å². The normalized spacial score (nSPS) is 11.7. The molecule has 0 amide bonds. The minimum Gasteiger partial charge on any atom is -0.339 e. The zero-order valence-electron chi connectivity index (χ0n) is 13.6. The van der Waals surface area contributed by atoms with Crippen LogP contribution in [0.3, 0.4) is 0 Å². The van der Waals surface area contributed by atoms with Gasteiger partial charge in [-0.1, -0.05) is 35.1 Å². The molecular weight excluding hydrogens is 368 g/mol. The first-order valence-corrected chi connectivity index (χ1v) is 10.1. The summed E-state index contributed by atoms with van der Waals surface area (Å²) in [6, 6.07) is 12.0. The van der Waals surface area contributed by atoms with Gasteiger partial charge in [0.05, 0.1) is 15.9 Å². The van der Waals surface area contributed by atoms with E-state index in [0.717, 1.165) is 45.4 Å². The van der Waals surface area contributed by atoms with Gasteiger partial charge in [0, 0.05) is 12.2 Å². The van der Waals surface area contributed by atoms with Crippen LogP contribution >= 0.6 is 23.1 Å². The van der Waals surface area contributed by atoms with Gasteiger partial charge in [0.25, 0.3) is 0 Å². The minimum atomic E-state index is 0.668. The van der Waals surface area contributed by atoms with Gasteiger partial charge in [-0.25, -0.2) is 10.1 Å². The molecule has 1 N–H and O–H groups in total. The molecule has 0 aliphatic rings. The highest BCUT2D eigenvalue weighted by Gasteiger charge is 2.12. The topological polar surface area (TPSA) is 84.9 Å². The van der Waals surface area contributed by atoms with Crippen LogP contribution < -0.4 is 0 Å². The van der Waals surface area contributed by atoms with E-state index in [0.29, 0.717) is 11.7 Å². The highest BCUT2D eigenvalue weighted by atomic mass is 32.2. The van der Waals surface area contributed by atoms with Crippen molar-refractivity contribution in [2.45, 2.75) is 18.0 Å². The molecule has 0 spiro atoms. The molecule has 0 aliphatic heterocycles. The summed E-state index contributed by atoms with van der Waals surface area (Å²) in [5.74, 6) is 3.02. The fourth-order valence-electron chi connectivity index (χ4n) is 2.79. The molecule has 0 aliphatic carbocycles. The van der Waals surface area contributed by atoms with Gasteiger partial charge in [-0.15, -0.1) is 16.4 Å². The number of imidazole rings is 1. The first-order chi connectivity index (χ1) is 12.9. The monoisotopic (exact) mass is 382 g/mol. The van der Waals surface area contributed by atoms with Gasteiger partial charge in [-0.05, 0) is 30.0 Å². The number of hydrogen-bond acceptors (Lipinski definition) is 7. The average molecular weight is 382 g/mol. The number of hydrogen-bond donors (Lipinski definition) is 1. The lowest BCUT2D eigenvalue weighted by molar-refractivity contribution is 0.378. The van der Waals surface area contributed by atoms with E-state index in [1.165, 1.54) is 0 Å². The van der Waals surface area contributed by atoms with Gasteiger partial charge in [-0.3, -0.25) is 4.40 Å². The van der Waals surface area contributed by atoms with E-state index in [1.807, 2.05) is 35.7 Å². The summed E-state index contributed by atoms with van der Waals surface area (Å²) in [6.07, 6.45) is 1.68. The van der Waals surface area contributed by atoms with Crippen molar-refractivity contribution in [1.29, 1.82) is 0 Å². The molecule has 7 nitrogen and oxygen atoms in total. The molecule has 4 aromatic heterocycles. The highest BCUT2D eigenvalue weighted by Crippen LogP contribution is 2.24. The minimum absolute atomic E-state index is 0.668. The quantitative estimate of drug-likeness (QED) is 0.352. The van der Waals surface area contributed by atoms with Gasteiger partial charge in [0.1, 0.15) is 0 Å². The lowest BCUT2D eigenvalue weighted by Gasteiger charge is -1.98. The molecule has 0 saturated carbocycles. The molecule has 9 heteroatoms. The number of thiophene rings is 1. The van der Waals surface area contributed by atoms with Crippen molar-refractivity contribution in [2.75, 3.05) is 5.75 Å². The maximum atomic E-state index is 5.34. The molecule has 26 heavy (non-hydrogen) atoms. The summed E-state index contributed by atoms with van der Waals surface area (Å²) in [7, 11) is 0. The molecule has 130 valence electrons. The molecular formula is C17H14N6OS2. The Balaban J connectivity index is 1.24. The third kappa shape index (κ3) is 2.78. The first kappa shape index (κ1) is 15.6. The van der Waals surface area contributed by atoms with E-state index in [2.05, 4.69) is 35.8 Å². The third-order valence-corrected chi connectivity index (χ3v) is 5.87. The molecule has 1 aromatic carbocycles. The lowest BCUT2D eigenvalue weighted by atomic mass is 10.3. The number of thioether (sulfide) groups is 1. The molecule has 4 heterocycles. The fourth-order valence-corrected chi connectivity index (χ4v) is 4.33. The van der Waals surface area contributed by atoms with Crippen molar-refractivity contribution >= 4 is 39.9 Å². The number of aromatic nitrogens is 6. The van der Waals surface area contributed by atoms with E-state index >= 15 is 0 Å². The van der Waals surface area contributed by atoms with E-state index in [4.69, 9.17) is 4.52 Å². The summed E-state index contributed by atoms with van der Waals surface area (Å²) in [6.45, 7) is 0. The van der Waals surface area contributed by atoms with Crippen molar-refractivity contribution in [1.82, 2.24) is 29.7 Å². The Bertz CT molecular complexity index is 1160. The second kappa shape index (κ2) is 6.58. The SMILES string of the molecule is c1csc(-c2noc(CCCSc3n[nH]c4nc5ccccc5n34)n2)c1. The Morgan fingerprint density at radius 2 is 2.12 bits per heavy atom. The summed E-state index contributed by atoms with van der Waals surface area (Å²) in [4.78, 5) is 10.0. The van der Waals surface area contributed by atoms with Crippen LogP contribution in [0.1, 0.15) is 12.3 Å². The molecule has 5 aromatic rings. The zero-order valence-corrected chi connectivity index (χ0v) is 15.3. The molecule has 0 unspecified atom stereocenters. The summed E-state index contributed by atoms with van der Waals surface area (Å²) in [5, 5.41) is 14.3. The standard InChI is InChI=1S/C17H14N6OS2/c1-2-6-12-11(5-1)18-16-20-21-17(23(12)16)26-10-4-8-14-19-15(22-24-14)13-7-3-9-25-13/h1-3,5-7,9H,4,8,10H2,(H,18,20). The van der Waals surface area contributed by atoms with Gasteiger partial charge in [0.2, 0.25) is 17.5 Å². The van der Waals surface area contributed by atoms with Gasteiger partial charge in [0.15, 0.2) is 5.16 Å². The number of H-pyrrole nitrogens is 1. The van der Waals surface area contributed by atoms with Crippen LogP contribution in [-0.2, 0) is 6.42 Å². The third-order valence-electron chi connectivity index (χ3n) is 3.98. The Morgan fingerprint density at radius 3 is 3.04 bits per heavy atom. The first-order valence-electron chi connectivity index (χ1n) is 8.19. The number of rotatable bonds is 6. The predicted molar refractivity (Wildman–Crippen MR) is 101 cm³/mol. The number of aromatic amines is 1. The van der Waals surface area contributed by atoms with Crippen LogP contribution in [0.5, 0.6) is 0 Å². The Morgan fingerprint density at radius 1 is 1.15 bits per heavy atom. The zero-order chi connectivity index (χ0) is 17.3. The van der Waals surface area contributed by atoms with Crippen LogP contribution in [0.4, 0.5) is 0 Å².